The Morgan fingerprint density at radius 2 is 1.95 bits per heavy atom. The largest absolute Gasteiger partial charge is 0.389 e. The van der Waals surface area contributed by atoms with E-state index in [9.17, 15) is 8.42 Å². The standard InChI is InChI=1S/C13H10ClIN2O2S2/c14-11-7-9(15)4-5-12(11)17-21(18,19)10-3-1-2-8(6-10)13(16)20/h1-7,17H,(H2,16,20). The van der Waals surface area contributed by atoms with Crippen LogP contribution < -0.4 is 10.5 Å². The molecule has 0 heterocycles. The molecule has 110 valence electrons. The number of hydrogen-bond donors (Lipinski definition) is 2. The second kappa shape index (κ2) is 6.47. The van der Waals surface area contributed by atoms with E-state index in [1.807, 2.05) is 0 Å². The van der Waals surface area contributed by atoms with E-state index in [2.05, 4.69) is 27.3 Å². The van der Waals surface area contributed by atoms with Crippen molar-refractivity contribution in [2.24, 2.45) is 5.73 Å². The van der Waals surface area contributed by atoms with Crippen LogP contribution in [0.1, 0.15) is 5.56 Å². The molecule has 0 amide bonds. The van der Waals surface area contributed by atoms with Crippen molar-refractivity contribution in [2.75, 3.05) is 4.72 Å². The van der Waals surface area contributed by atoms with Gasteiger partial charge in [0.05, 0.1) is 15.6 Å². The Kier molecular flexibility index (Phi) is 5.07. The molecule has 2 aromatic carbocycles. The van der Waals surface area contributed by atoms with Crippen LogP contribution in [0, 0.1) is 3.57 Å². The number of anilines is 1. The molecule has 0 saturated carbocycles. The second-order valence-electron chi connectivity index (χ2n) is 4.12. The van der Waals surface area contributed by atoms with Crippen molar-refractivity contribution in [1.29, 1.82) is 0 Å². The van der Waals surface area contributed by atoms with Crippen molar-refractivity contribution in [2.45, 2.75) is 4.90 Å². The average molecular weight is 453 g/mol. The lowest BCUT2D eigenvalue weighted by molar-refractivity contribution is 0.601. The monoisotopic (exact) mass is 452 g/mol. The van der Waals surface area contributed by atoms with Gasteiger partial charge in [-0.05, 0) is 52.9 Å². The summed E-state index contributed by atoms with van der Waals surface area (Å²) < 4.78 is 28.1. The lowest BCUT2D eigenvalue weighted by Crippen LogP contribution is -2.15. The zero-order chi connectivity index (χ0) is 15.6. The van der Waals surface area contributed by atoms with Crippen molar-refractivity contribution in [1.82, 2.24) is 0 Å². The molecule has 0 unspecified atom stereocenters. The van der Waals surface area contributed by atoms with E-state index in [1.165, 1.54) is 12.1 Å². The van der Waals surface area contributed by atoms with Gasteiger partial charge in [0, 0.05) is 9.13 Å². The third-order valence-corrected chi connectivity index (χ3v) is 5.19. The van der Waals surface area contributed by atoms with E-state index in [4.69, 9.17) is 29.6 Å². The summed E-state index contributed by atoms with van der Waals surface area (Å²) in [6, 6.07) is 11.2. The third kappa shape index (κ3) is 4.06. The Bertz CT molecular complexity index is 810. The van der Waals surface area contributed by atoms with Crippen LogP contribution >= 0.6 is 46.4 Å². The van der Waals surface area contributed by atoms with E-state index in [0.29, 0.717) is 16.3 Å². The second-order valence-corrected chi connectivity index (χ2v) is 7.90. The van der Waals surface area contributed by atoms with Gasteiger partial charge in [0.15, 0.2) is 0 Å². The maximum Gasteiger partial charge on any atom is 0.261 e. The van der Waals surface area contributed by atoms with Gasteiger partial charge in [-0.2, -0.15) is 0 Å². The molecule has 0 bridgehead atoms. The van der Waals surface area contributed by atoms with Crippen LogP contribution in [0.15, 0.2) is 47.4 Å². The van der Waals surface area contributed by atoms with Crippen molar-refractivity contribution >= 4 is 67.1 Å². The van der Waals surface area contributed by atoms with Gasteiger partial charge in [0.2, 0.25) is 0 Å². The minimum atomic E-state index is -3.76. The fourth-order valence-corrected chi connectivity index (χ4v) is 3.80. The molecule has 0 spiro atoms. The zero-order valence-electron chi connectivity index (χ0n) is 10.5. The molecule has 3 N–H and O–H groups in total. The molecular weight excluding hydrogens is 443 g/mol. The van der Waals surface area contributed by atoms with Crippen molar-refractivity contribution in [3.05, 3.63) is 56.6 Å². The van der Waals surface area contributed by atoms with Gasteiger partial charge in [-0.25, -0.2) is 8.42 Å². The quantitative estimate of drug-likeness (QED) is 0.551. The Morgan fingerprint density at radius 3 is 2.57 bits per heavy atom. The molecule has 0 fully saturated rings. The van der Waals surface area contributed by atoms with Crippen LogP contribution in [-0.2, 0) is 10.0 Å². The molecule has 0 aliphatic carbocycles. The first-order valence-electron chi connectivity index (χ1n) is 5.67. The highest BCUT2D eigenvalue weighted by atomic mass is 127. The maximum atomic E-state index is 12.4. The lowest BCUT2D eigenvalue weighted by atomic mass is 10.2. The summed E-state index contributed by atoms with van der Waals surface area (Å²) in [5.74, 6) is 0. The Morgan fingerprint density at radius 1 is 1.24 bits per heavy atom. The van der Waals surface area contributed by atoms with E-state index < -0.39 is 10.0 Å². The SMILES string of the molecule is NC(=S)c1cccc(S(=O)(=O)Nc2ccc(I)cc2Cl)c1. The van der Waals surface area contributed by atoms with Crippen LogP contribution in [0.5, 0.6) is 0 Å². The Balaban J connectivity index is 2.38. The van der Waals surface area contributed by atoms with E-state index in [0.717, 1.165) is 3.57 Å². The first-order valence-corrected chi connectivity index (χ1v) is 9.02. The molecule has 0 radical (unpaired) electrons. The van der Waals surface area contributed by atoms with Gasteiger partial charge in [-0.1, -0.05) is 36.0 Å². The topological polar surface area (TPSA) is 72.2 Å². The summed E-state index contributed by atoms with van der Waals surface area (Å²) in [7, 11) is -3.76. The van der Waals surface area contributed by atoms with Crippen LogP contribution in [0.25, 0.3) is 0 Å². The molecule has 8 heteroatoms. The van der Waals surface area contributed by atoms with Gasteiger partial charge in [-0.15, -0.1) is 0 Å². The Hall–Kier alpha value is -0.900. The van der Waals surface area contributed by atoms with Crippen LogP contribution in [-0.4, -0.2) is 13.4 Å². The first kappa shape index (κ1) is 16.5. The number of sulfonamides is 1. The minimum absolute atomic E-state index is 0.0717. The highest BCUT2D eigenvalue weighted by Crippen LogP contribution is 2.26. The van der Waals surface area contributed by atoms with Crippen LogP contribution in [0.4, 0.5) is 5.69 Å². The van der Waals surface area contributed by atoms with Gasteiger partial charge in [0.1, 0.15) is 4.99 Å². The summed E-state index contributed by atoms with van der Waals surface area (Å²) in [5, 5.41) is 0.330. The molecule has 4 nitrogen and oxygen atoms in total. The molecule has 0 aliphatic heterocycles. The fourth-order valence-electron chi connectivity index (χ4n) is 1.59. The van der Waals surface area contributed by atoms with Crippen LogP contribution in [0.2, 0.25) is 5.02 Å². The Labute approximate surface area is 146 Å². The minimum Gasteiger partial charge on any atom is -0.389 e. The van der Waals surface area contributed by atoms with Gasteiger partial charge >= 0.3 is 0 Å². The normalized spacial score (nSPS) is 11.1. The summed E-state index contributed by atoms with van der Waals surface area (Å²) in [6.45, 7) is 0. The van der Waals surface area contributed by atoms with Crippen LogP contribution in [0.3, 0.4) is 0 Å². The number of halogens is 2. The summed E-state index contributed by atoms with van der Waals surface area (Å²) in [5.41, 5.74) is 6.32. The van der Waals surface area contributed by atoms with Crippen molar-refractivity contribution in [3.63, 3.8) is 0 Å². The van der Waals surface area contributed by atoms with Gasteiger partial charge in [0.25, 0.3) is 10.0 Å². The predicted octanol–water partition coefficient (Wildman–Crippen LogP) is 3.38. The number of nitrogens with one attached hydrogen (secondary N) is 1. The van der Waals surface area contributed by atoms with E-state index in [1.54, 1.807) is 30.3 Å². The molecule has 0 aliphatic rings. The van der Waals surface area contributed by atoms with Crippen molar-refractivity contribution < 1.29 is 8.42 Å². The number of thiocarbonyl (C=S) groups is 1. The molecule has 0 aromatic heterocycles. The van der Waals surface area contributed by atoms with E-state index >= 15 is 0 Å². The van der Waals surface area contributed by atoms with Gasteiger partial charge < -0.3 is 5.73 Å². The van der Waals surface area contributed by atoms with E-state index in [-0.39, 0.29) is 9.88 Å². The fraction of sp³-hybridized carbons (Fsp3) is 0. The summed E-state index contributed by atoms with van der Waals surface area (Å²) in [6.07, 6.45) is 0. The number of benzene rings is 2. The summed E-state index contributed by atoms with van der Waals surface area (Å²) in [4.78, 5) is 0.210. The molecule has 0 atom stereocenters. The number of nitrogens with two attached hydrogens (primary N) is 1. The number of rotatable bonds is 4. The molecule has 21 heavy (non-hydrogen) atoms. The number of hydrogen-bond acceptors (Lipinski definition) is 3. The third-order valence-electron chi connectivity index (χ3n) is 2.60. The highest BCUT2D eigenvalue weighted by molar-refractivity contribution is 14.1. The lowest BCUT2D eigenvalue weighted by Gasteiger charge is -2.10. The zero-order valence-corrected chi connectivity index (χ0v) is 15.1. The smallest absolute Gasteiger partial charge is 0.261 e. The molecule has 2 rings (SSSR count). The first-order chi connectivity index (χ1) is 9.79. The molecular formula is C13H10ClIN2O2S2. The average Bonchev–Trinajstić information content (AvgIpc) is 2.42. The summed E-state index contributed by atoms with van der Waals surface area (Å²) >= 11 is 13.0. The predicted molar refractivity (Wildman–Crippen MR) is 97.3 cm³/mol. The molecule has 2 aromatic rings. The molecule has 0 saturated heterocycles. The van der Waals surface area contributed by atoms with Gasteiger partial charge in [-0.3, -0.25) is 4.72 Å². The van der Waals surface area contributed by atoms with Crippen molar-refractivity contribution in [3.8, 4) is 0 Å². The highest BCUT2D eigenvalue weighted by Gasteiger charge is 2.16. The maximum absolute atomic E-state index is 12.4.